The summed E-state index contributed by atoms with van der Waals surface area (Å²) < 4.78 is 57.0. The molecule has 9 nitrogen and oxygen atoms in total. The summed E-state index contributed by atoms with van der Waals surface area (Å²) in [5, 5.41) is 2.68. The minimum Gasteiger partial charge on any atom is -0.490 e. The predicted molar refractivity (Wildman–Crippen MR) is 127 cm³/mol. The lowest BCUT2D eigenvalue weighted by atomic mass is 10.2. The van der Waals surface area contributed by atoms with Gasteiger partial charge in [-0.15, -0.1) is 0 Å². The second-order valence-corrected chi connectivity index (χ2v) is 12.2. The van der Waals surface area contributed by atoms with E-state index in [1.807, 2.05) is 0 Å². The number of rotatable bonds is 9. The standard InChI is InChI=1S/C22H29N3O6S2/c1-24(2)33(29,30)21-14-10-18(11-15-21)25(32(3,27)28)16-22(26)23-17-8-12-20(13-9-17)31-19-6-4-5-7-19/h8-15,19H,4-7,16H2,1-3H3,(H,23,26). The molecular formula is C22H29N3O6S2. The fourth-order valence-electron chi connectivity index (χ4n) is 3.54. The molecular weight excluding hydrogens is 466 g/mol. The highest BCUT2D eigenvalue weighted by atomic mass is 32.2. The molecule has 0 bridgehead atoms. The largest absolute Gasteiger partial charge is 0.490 e. The minimum absolute atomic E-state index is 0.0223. The zero-order chi connectivity index (χ0) is 24.2. The van der Waals surface area contributed by atoms with Crippen LogP contribution in [0.2, 0.25) is 0 Å². The number of nitrogens with one attached hydrogen (secondary N) is 1. The molecule has 2 aromatic rings. The molecule has 0 saturated heterocycles. The van der Waals surface area contributed by atoms with E-state index in [9.17, 15) is 21.6 Å². The lowest BCUT2D eigenvalue weighted by molar-refractivity contribution is -0.114. The predicted octanol–water partition coefficient (Wildman–Crippen LogP) is 2.66. The molecule has 1 aliphatic rings. The third-order valence-corrected chi connectivity index (χ3v) is 8.30. The van der Waals surface area contributed by atoms with Gasteiger partial charge in [0.25, 0.3) is 0 Å². The Labute approximate surface area is 195 Å². The normalized spacial score (nSPS) is 14.9. The summed E-state index contributed by atoms with van der Waals surface area (Å²) in [6, 6.07) is 12.3. The van der Waals surface area contributed by atoms with Crippen molar-refractivity contribution in [3.05, 3.63) is 48.5 Å². The maximum absolute atomic E-state index is 12.6. The molecule has 0 radical (unpaired) electrons. The van der Waals surface area contributed by atoms with Crippen molar-refractivity contribution in [3.8, 4) is 5.75 Å². The Bertz CT molecular complexity index is 1170. The van der Waals surface area contributed by atoms with Crippen molar-refractivity contribution >= 4 is 37.3 Å². The lowest BCUT2D eigenvalue weighted by Crippen LogP contribution is -2.37. The third kappa shape index (κ3) is 6.46. The Hall–Kier alpha value is -2.63. The number of anilines is 2. The molecule has 0 unspecified atom stereocenters. The number of sulfonamides is 2. The number of amides is 1. The fraction of sp³-hybridized carbons (Fsp3) is 0.409. The van der Waals surface area contributed by atoms with E-state index in [1.54, 1.807) is 24.3 Å². The van der Waals surface area contributed by atoms with Gasteiger partial charge < -0.3 is 10.1 Å². The van der Waals surface area contributed by atoms with Gasteiger partial charge in [0.05, 0.1) is 22.9 Å². The molecule has 3 rings (SSSR count). The first-order chi connectivity index (χ1) is 15.5. The molecule has 1 amide bonds. The van der Waals surface area contributed by atoms with Gasteiger partial charge in [-0.3, -0.25) is 9.10 Å². The summed E-state index contributed by atoms with van der Waals surface area (Å²) >= 11 is 0. The topological polar surface area (TPSA) is 113 Å². The van der Waals surface area contributed by atoms with Crippen LogP contribution in [0.4, 0.5) is 11.4 Å². The molecule has 2 aromatic carbocycles. The fourth-order valence-corrected chi connectivity index (χ4v) is 5.30. The molecule has 1 aliphatic carbocycles. The molecule has 1 N–H and O–H groups in total. The average molecular weight is 496 g/mol. The van der Waals surface area contributed by atoms with E-state index in [0.29, 0.717) is 5.69 Å². The highest BCUT2D eigenvalue weighted by molar-refractivity contribution is 7.92. The van der Waals surface area contributed by atoms with Crippen molar-refractivity contribution in [1.29, 1.82) is 0 Å². The maximum atomic E-state index is 12.6. The van der Waals surface area contributed by atoms with Gasteiger partial charge in [-0.2, -0.15) is 0 Å². The smallest absolute Gasteiger partial charge is 0.245 e. The SMILES string of the molecule is CN(C)S(=O)(=O)c1ccc(N(CC(=O)Nc2ccc(OC3CCCC3)cc2)S(C)(=O)=O)cc1. The van der Waals surface area contributed by atoms with E-state index in [4.69, 9.17) is 4.74 Å². The number of carbonyl (C=O) groups excluding carboxylic acids is 1. The molecule has 0 atom stereocenters. The van der Waals surface area contributed by atoms with E-state index in [1.165, 1.54) is 51.2 Å². The first kappa shape index (κ1) is 25.0. The van der Waals surface area contributed by atoms with Crippen molar-refractivity contribution in [3.63, 3.8) is 0 Å². The Morgan fingerprint density at radius 1 is 0.970 bits per heavy atom. The molecule has 1 saturated carbocycles. The second kappa shape index (κ2) is 10.1. The number of ether oxygens (including phenoxy) is 1. The Kier molecular flexibility index (Phi) is 7.65. The summed E-state index contributed by atoms with van der Waals surface area (Å²) in [4.78, 5) is 12.6. The summed E-state index contributed by atoms with van der Waals surface area (Å²) in [7, 11) is -4.64. The van der Waals surface area contributed by atoms with Crippen LogP contribution in [0.5, 0.6) is 5.75 Å². The molecule has 180 valence electrons. The van der Waals surface area contributed by atoms with Gasteiger partial charge in [0, 0.05) is 19.8 Å². The van der Waals surface area contributed by atoms with Crippen LogP contribution >= 0.6 is 0 Å². The number of benzene rings is 2. The molecule has 11 heteroatoms. The van der Waals surface area contributed by atoms with Crippen LogP contribution in [0.15, 0.2) is 53.4 Å². The van der Waals surface area contributed by atoms with Gasteiger partial charge in [-0.05, 0) is 74.2 Å². The number of hydrogen-bond donors (Lipinski definition) is 1. The summed E-state index contributed by atoms with van der Waals surface area (Å²) in [6.07, 6.45) is 5.64. The Balaban J connectivity index is 1.68. The van der Waals surface area contributed by atoms with E-state index < -0.39 is 32.5 Å². The number of carbonyl (C=O) groups is 1. The van der Waals surface area contributed by atoms with Gasteiger partial charge in [0.1, 0.15) is 12.3 Å². The third-order valence-electron chi connectivity index (χ3n) is 5.33. The highest BCUT2D eigenvalue weighted by Gasteiger charge is 2.23. The summed E-state index contributed by atoms with van der Waals surface area (Å²) in [5.41, 5.74) is 0.699. The van der Waals surface area contributed by atoms with Gasteiger partial charge in [-0.25, -0.2) is 21.1 Å². The van der Waals surface area contributed by atoms with E-state index in [0.717, 1.165) is 33.5 Å². The molecule has 0 spiro atoms. The highest BCUT2D eigenvalue weighted by Crippen LogP contribution is 2.25. The van der Waals surface area contributed by atoms with Crippen LogP contribution in [0.25, 0.3) is 0 Å². The number of hydrogen-bond acceptors (Lipinski definition) is 6. The van der Waals surface area contributed by atoms with Crippen LogP contribution in [-0.2, 0) is 24.8 Å². The van der Waals surface area contributed by atoms with E-state index in [-0.39, 0.29) is 16.7 Å². The van der Waals surface area contributed by atoms with Crippen LogP contribution in [0.1, 0.15) is 25.7 Å². The van der Waals surface area contributed by atoms with Gasteiger partial charge in [0.2, 0.25) is 26.0 Å². The van der Waals surface area contributed by atoms with Gasteiger partial charge in [0.15, 0.2) is 0 Å². The molecule has 33 heavy (non-hydrogen) atoms. The first-order valence-electron chi connectivity index (χ1n) is 10.5. The van der Waals surface area contributed by atoms with Gasteiger partial charge >= 0.3 is 0 Å². The first-order valence-corrected chi connectivity index (χ1v) is 13.8. The van der Waals surface area contributed by atoms with Crippen LogP contribution in [-0.4, -0.2) is 60.0 Å². The van der Waals surface area contributed by atoms with Crippen molar-refractivity contribution in [2.75, 3.05) is 36.5 Å². The zero-order valence-electron chi connectivity index (χ0n) is 18.9. The molecule has 0 heterocycles. The summed E-state index contributed by atoms with van der Waals surface area (Å²) in [5.74, 6) is 0.195. The van der Waals surface area contributed by atoms with Crippen LogP contribution in [0, 0.1) is 0 Å². The van der Waals surface area contributed by atoms with E-state index in [2.05, 4.69) is 5.32 Å². The van der Waals surface area contributed by atoms with E-state index >= 15 is 0 Å². The van der Waals surface area contributed by atoms with Crippen molar-refractivity contribution in [1.82, 2.24) is 4.31 Å². The summed E-state index contributed by atoms with van der Waals surface area (Å²) in [6.45, 7) is -0.459. The van der Waals surface area contributed by atoms with Crippen LogP contribution < -0.4 is 14.4 Å². The molecule has 1 fully saturated rings. The zero-order valence-corrected chi connectivity index (χ0v) is 20.5. The second-order valence-electron chi connectivity index (χ2n) is 8.15. The van der Waals surface area contributed by atoms with Crippen LogP contribution in [0.3, 0.4) is 0 Å². The monoisotopic (exact) mass is 495 g/mol. The Morgan fingerprint density at radius 2 is 1.55 bits per heavy atom. The van der Waals surface area contributed by atoms with Crippen molar-refractivity contribution in [2.45, 2.75) is 36.7 Å². The Morgan fingerprint density at radius 3 is 2.06 bits per heavy atom. The van der Waals surface area contributed by atoms with Crippen molar-refractivity contribution in [2.24, 2.45) is 0 Å². The van der Waals surface area contributed by atoms with Crippen molar-refractivity contribution < 1.29 is 26.4 Å². The quantitative estimate of drug-likeness (QED) is 0.572. The number of nitrogens with zero attached hydrogens (tertiary/aromatic N) is 2. The van der Waals surface area contributed by atoms with Gasteiger partial charge in [-0.1, -0.05) is 0 Å². The lowest BCUT2D eigenvalue weighted by Gasteiger charge is -2.22. The molecule has 0 aliphatic heterocycles. The minimum atomic E-state index is -3.80. The molecule has 0 aromatic heterocycles. The average Bonchev–Trinajstić information content (AvgIpc) is 3.26. The maximum Gasteiger partial charge on any atom is 0.245 e.